The van der Waals surface area contributed by atoms with Gasteiger partial charge in [-0.1, -0.05) is 31.2 Å². The van der Waals surface area contributed by atoms with Crippen molar-refractivity contribution in [3.05, 3.63) is 70.9 Å². The maximum absolute atomic E-state index is 10.1. The van der Waals surface area contributed by atoms with E-state index in [-0.39, 0.29) is 0 Å². The summed E-state index contributed by atoms with van der Waals surface area (Å²) in [5.74, 6) is 0. The molecule has 2 rings (SSSR count). The highest BCUT2D eigenvalue weighted by Gasteiger charge is 2.06. The number of pyridine rings is 1. The molecular weight excluding hydrogens is 330 g/mol. The van der Waals surface area contributed by atoms with Crippen LogP contribution in [-0.2, 0) is 6.42 Å². The summed E-state index contributed by atoms with van der Waals surface area (Å²) in [6.07, 6.45) is 7.01. The van der Waals surface area contributed by atoms with Crippen LogP contribution in [0.1, 0.15) is 37.5 Å². The zero-order chi connectivity index (χ0) is 17.9. The van der Waals surface area contributed by atoms with Crippen molar-refractivity contribution in [2.24, 2.45) is 0 Å². The average molecular weight is 358 g/mol. The molecule has 3 N–H and O–H groups in total. The molecule has 1 atom stereocenters. The van der Waals surface area contributed by atoms with Gasteiger partial charge in [0.15, 0.2) is 0 Å². The van der Waals surface area contributed by atoms with E-state index in [0.29, 0.717) is 6.54 Å². The minimum Gasteiger partial charge on any atom is -0.387 e. The van der Waals surface area contributed by atoms with Crippen LogP contribution in [0.5, 0.6) is 0 Å². The Balaban J connectivity index is 1.69. The Hall–Kier alpha value is -1.82. The van der Waals surface area contributed by atoms with Gasteiger partial charge in [0.25, 0.3) is 0 Å². The molecule has 0 fully saturated rings. The zero-order valence-electron chi connectivity index (χ0n) is 14.9. The first-order chi connectivity index (χ1) is 12.2. The second kappa shape index (κ2) is 10.9. The SMILES string of the molecule is C/C=C(\CC)SNc1ccc(CCNCC(O)c2cccnc2)cc1. The van der Waals surface area contributed by atoms with Crippen molar-refractivity contribution >= 4 is 17.6 Å². The van der Waals surface area contributed by atoms with Crippen molar-refractivity contribution in [1.29, 1.82) is 0 Å². The van der Waals surface area contributed by atoms with Gasteiger partial charge < -0.3 is 15.1 Å². The lowest BCUT2D eigenvalue weighted by Crippen LogP contribution is -2.23. The topological polar surface area (TPSA) is 57.2 Å². The lowest BCUT2D eigenvalue weighted by atomic mass is 10.1. The fraction of sp³-hybridized carbons (Fsp3) is 0.350. The van der Waals surface area contributed by atoms with Gasteiger partial charge in [0.05, 0.1) is 6.10 Å². The van der Waals surface area contributed by atoms with Crippen LogP contribution in [0.2, 0.25) is 0 Å². The van der Waals surface area contributed by atoms with E-state index in [4.69, 9.17) is 0 Å². The molecule has 0 saturated heterocycles. The fourth-order valence-corrected chi connectivity index (χ4v) is 3.01. The minimum absolute atomic E-state index is 0.517. The van der Waals surface area contributed by atoms with E-state index in [1.165, 1.54) is 10.5 Å². The largest absolute Gasteiger partial charge is 0.387 e. The normalized spacial score (nSPS) is 12.8. The molecule has 134 valence electrons. The monoisotopic (exact) mass is 357 g/mol. The smallest absolute Gasteiger partial charge is 0.0929 e. The first-order valence-corrected chi connectivity index (χ1v) is 9.50. The third-order valence-electron chi connectivity index (χ3n) is 3.92. The number of hydrogen-bond donors (Lipinski definition) is 3. The molecule has 0 amide bonds. The number of hydrogen-bond acceptors (Lipinski definition) is 5. The molecular formula is C20H27N3OS. The molecule has 1 aromatic carbocycles. The molecule has 1 heterocycles. The molecule has 1 aromatic heterocycles. The van der Waals surface area contributed by atoms with Gasteiger partial charge in [-0.15, -0.1) is 0 Å². The number of nitrogens with zero attached hydrogens (tertiary/aromatic N) is 1. The van der Waals surface area contributed by atoms with Crippen molar-refractivity contribution in [3.63, 3.8) is 0 Å². The Labute approximate surface area is 154 Å². The molecule has 25 heavy (non-hydrogen) atoms. The summed E-state index contributed by atoms with van der Waals surface area (Å²) < 4.78 is 3.37. The standard InChI is InChI=1S/C20H27N3OS/c1-3-19(4-2)25-23-18-9-7-16(8-10-18)11-13-22-15-20(24)17-6-5-12-21-14-17/h3,5-10,12,14,20,22-24H,4,11,13,15H2,1-2H3/b19-3+. The number of benzene rings is 1. The summed E-state index contributed by atoms with van der Waals surface area (Å²) in [4.78, 5) is 5.36. The summed E-state index contributed by atoms with van der Waals surface area (Å²) in [6.45, 7) is 5.59. The van der Waals surface area contributed by atoms with E-state index in [0.717, 1.165) is 30.6 Å². The number of aromatic nitrogens is 1. The molecule has 1 unspecified atom stereocenters. The van der Waals surface area contributed by atoms with Crippen molar-refractivity contribution in [1.82, 2.24) is 10.3 Å². The molecule has 0 bridgehead atoms. The Bertz CT molecular complexity index is 644. The van der Waals surface area contributed by atoms with E-state index in [1.807, 2.05) is 12.1 Å². The Kier molecular flexibility index (Phi) is 8.52. The highest BCUT2D eigenvalue weighted by molar-refractivity contribution is 8.04. The molecule has 0 spiro atoms. The summed E-state index contributed by atoms with van der Waals surface area (Å²) in [6, 6.07) is 12.2. The van der Waals surface area contributed by atoms with Gasteiger partial charge in [-0.3, -0.25) is 4.98 Å². The Morgan fingerprint density at radius 2 is 2.08 bits per heavy atom. The van der Waals surface area contributed by atoms with Crippen LogP contribution < -0.4 is 10.0 Å². The van der Waals surface area contributed by atoms with Crippen LogP contribution >= 0.6 is 11.9 Å². The lowest BCUT2D eigenvalue weighted by molar-refractivity contribution is 0.174. The fourth-order valence-electron chi connectivity index (χ4n) is 2.36. The highest BCUT2D eigenvalue weighted by atomic mass is 32.2. The zero-order valence-corrected chi connectivity index (χ0v) is 15.7. The minimum atomic E-state index is -0.517. The quantitative estimate of drug-likeness (QED) is 0.437. The first-order valence-electron chi connectivity index (χ1n) is 8.68. The molecule has 5 heteroatoms. The lowest BCUT2D eigenvalue weighted by Gasteiger charge is -2.12. The predicted octanol–water partition coefficient (Wildman–Crippen LogP) is 4.32. The van der Waals surface area contributed by atoms with E-state index in [9.17, 15) is 5.11 Å². The van der Waals surface area contributed by atoms with Crippen LogP contribution in [0.3, 0.4) is 0 Å². The van der Waals surface area contributed by atoms with Gasteiger partial charge in [0.2, 0.25) is 0 Å². The average Bonchev–Trinajstić information content (AvgIpc) is 2.67. The number of anilines is 1. The molecule has 2 aromatic rings. The van der Waals surface area contributed by atoms with E-state index in [1.54, 1.807) is 24.3 Å². The molecule has 0 aliphatic carbocycles. The van der Waals surface area contributed by atoms with Crippen molar-refractivity contribution in [3.8, 4) is 0 Å². The summed E-state index contributed by atoms with van der Waals surface area (Å²) in [5, 5.41) is 13.4. The summed E-state index contributed by atoms with van der Waals surface area (Å²) in [5.41, 5.74) is 3.23. The first kappa shape index (κ1) is 19.5. The molecule has 0 saturated carbocycles. The maximum atomic E-state index is 10.1. The van der Waals surface area contributed by atoms with E-state index < -0.39 is 6.10 Å². The predicted molar refractivity (Wildman–Crippen MR) is 107 cm³/mol. The number of rotatable bonds is 10. The third-order valence-corrected chi connectivity index (χ3v) is 5.05. The van der Waals surface area contributed by atoms with Gasteiger partial charge in [-0.05, 0) is 62.0 Å². The molecule has 4 nitrogen and oxygen atoms in total. The van der Waals surface area contributed by atoms with Crippen LogP contribution in [0.4, 0.5) is 5.69 Å². The summed E-state index contributed by atoms with van der Waals surface area (Å²) in [7, 11) is 0. The third kappa shape index (κ3) is 6.90. The summed E-state index contributed by atoms with van der Waals surface area (Å²) >= 11 is 1.67. The second-order valence-corrected chi connectivity index (χ2v) is 6.70. The number of nitrogens with one attached hydrogen (secondary N) is 2. The Morgan fingerprint density at radius 3 is 2.72 bits per heavy atom. The highest BCUT2D eigenvalue weighted by Crippen LogP contribution is 2.22. The molecule has 0 aliphatic heterocycles. The van der Waals surface area contributed by atoms with Gasteiger partial charge in [-0.2, -0.15) is 0 Å². The van der Waals surface area contributed by atoms with Gasteiger partial charge >= 0.3 is 0 Å². The van der Waals surface area contributed by atoms with Crippen LogP contribution in [-0.4, -0.2) is 23.2 Å². The van der Waals surface area contributed by atoms with E-state index >= 15 is 0 Å². The van der Waals surface area contributed by atoms with Gasteiger partial charge in [0.1, 0.15) is 0 Å². The van der Waals surface area contributed by atoms with E-state index in [2.05, 4.69) is 59.2 Å². The molecule has 0 radical (unpaired) electrons. The van der Waals surface area contributed by atoms with Crippen molar-refractivity contribution in [2.75, 3.05) is 17.8 Å². The van der Waals surface area contributed by atoms with Crippen LogP contribution in [0.25, 0.3) is 0 Å². The molecule has 0 aliphatic rings. The van der Waals surface area contributed by atoms with Crippen LogP contribution in [0.15, 0.2) is 59.8 Å². The van der Waals surface area contributed by atoms with Crippen molar-refractivity contribution < 1.29 is 5.11 Å². The number of aliphatic hydroxyl groups is 1. The van der Waals surface area contributed by atoms with Gasteiger partial charge in [0, 0.05) is 35.1 Å². The second-order valence-electron chi connectivity index (χ2n) is 5.77. The Morgan fingerprint density at radius 1 is 1.28 bits per heavy atom. The van der Waals surface area contributed by atoms with Crippen LogP contribution in [0, 0.1) is 0 Å². The number of aliphatic hydroxyl groups excluding tert-OH is 1. The van der Waals surface area contributed by atoms with Gasteiger partial charge in [-0.25, -0.2) is 0 Å². The number of allylic oxidation sites excluding steroid dienone is 2. The maximum Gasteiger partial charge on any atom is 0.0929 e. The van der Waals surface area contributed by atoms with Crippen molar-refractivity contribution in [2.45, 2.75) is 32.8 Å².